The van der Waals surface area contributed by atoms with E-state index < -0.39 is 0 Å². The summed E-state index contributed by atoms with van der Waals surface area (Å²) in [6.07, 6.45) is 5.50. The molecule has 1 fully saturated rings. The molecule has 2 aromatic rings. The molecule has 0 amide bonds. The first-order valence-electron chi connectivity index (χ1n) is 10.4. The van der Waals surface area contributed by atoms with Crippen molar-refractivity contribution in [3.63, 3.8) is 0 Å². The molecule has 1 aliphatic rings. The van der Waals surface area contributed by atoms with Gasteiger partial charge in [-0.25, -0.2) is 4.98 Å². The van der Waals surface area contributed by atoms with Crippen LogP contribution in [0.25, 0.3) is 0 Å². The van der Waals surface area contributed by atoms with Gasteiger partial charge in [-0.2, -0.15) is 0 Å². The zero-order valence-corrected chi connectivity index (χ0v) is 17.1. The first kappa shape index (κ1) is 19.7. The second-order valence-corrected chi connectivity index (χ2v) is 7.55. The Labute approximate surface area is 164 Å². The van der Waals surface area contributed by atoms with E-state index in [1.165, 1.54) is 24.1 Å². The number of hydrogen-bond donors (Lipinski definition) is 0. The number of anilines is 2. The molecule has 1 aromatic carbocycles. The fourth-order valence-corrected chi connectivity index (χ4v) is 4.01. The summed E-state index contributed by atoms with van der Waals surface area (Å²) in [5.41, 5.74) is 2.66. The number of piperidine rings is 1. The third-order valence-electron chi connectivity index (χ3n) is 5.64. The summed E-state index contributed by atoms with van der Waals surface area (Å²) in [6, 6.07) is 15.7. The maximum absolute atomic E-state index is 4.80. The molecule has 0 unspecified atom stereocenters. The van der Waals surface area contributed by atoms with E-state index in [-0.39, 0.29) is 0 Å². The van der Waals surface area contributed by atoms with Gasteiger partial charge in [-0.15, -0.1) is 0 Å². The SMILES string of the molecule is CCCN(c1ncccc1N(C)CC)C1CCN(Cc2ccccc2)CC1. The molecule has 146 valence electrons. The highest BCUT2D eigenvalue weighted by Gasteiger charge is 2.27. The fraction of sp³-hybridized carbons (Fsp3) is 0.522. The lowest BCUT2D eigenvalue weighted by Crippen LogP contribution is -2.45. The van der Waals surface area contributed by atoms with E-state index >= 15 is 0 Å². The number of hydrogen-bond acceptors (Lipinski definition) is 4. The Morgan fingerprint density at radius 3 is 2.44 bits per heavy atom. The van der Waals surface area contributed by atoms with Crippen LogP contribution in [-0.4, -0.2) is 49.2 Å². The number of aromatic nitrogens is 1. The van der Waals surface area contributed by atoms with E-state index in [0.29, 0.717) is 6.04 Å². The molecule has 0 aliphatic carbocycles. The molecule has 0 saturated carbocycles. The Hall–Kier alpha value is -2.07. The van der Waals surface area contributed by atoms with Crippen LogP contribution in [0.15, 0.2) is 48.7 Å². The first-order valence-corrected chi connectivity index (χ1v) is 10.4. The van der Waals surface area contributed by atoms with Gasteiger partial charge in [0.15, 0.2) is 5.82 Å². The van der Waals surface area contributed by atoms with Crippen molar-refractivity contribution in [2.24, 2.45) is 0 Å². The Bertz CT molecular complexity index is 680. The summed E-state index contributed by atoms with van der Waals surface area (Å²) in [5.74, 6) is 1.16. The number of likely N-dealkylation sites (tertiary alicyclic amines) is 1. The second kappa shape index (κ2) is 9.75. The molecule has 1 aromatic heterocycles. The van der Waals surface area contributed by atoms with E-state index in [9.17, 15) is 0 Å². The highest BCUT2D eigenvalue weighted by molar-refractivity contribution is 5.67. The van der Waals surface area contributed by atoms with Crippen molar-refractivity contribution in [2.45, 2.75) is 45.7 Å². The molecular formula is C23H34N4. The van der Waals surface area contributed by atoms with Gasteiger partial charge in [-0.3, -0.25) is 4.90 Å². The summed E-state index contributed by atoms with van der Waals surface area (Å²) >= 11 is 0. The van der Waals surface area contributed by atoms with Crippen LogP contribution in [0.5, 0.6) is 0 Å². The van der Waals surface area contributed by atoms with Gasteiger partial charge < -0.3 is 9.80 Å². The van der Waals surface area contributed by atoms with E-state index in [1.54, 1.807) is 0 Å². The minimum Gasteiger partial charge on any atom is -0.372 e. The zero-order valence-electron chi connectivity index (χ0n) is 17.1. The maximum atomic E-state index is 4.80. The molecule has 0 N–H and O–H groups in total. The molecule has 0 bridgehead atoms. The van der Waals surface area contributed by atoms with Crippen LogP contribution >= 0.6 is 0 Å². The van der Waals surface area contributed by atoms with Crippen molar-refractivity contribution in [1.29, 1.82) is 0 Å². The minimum atomic E-state index is 0.580. The van der Waals surface area contributed by atoms with Gasteiger partial charge in [0.05, 0.1) is 5.69 Å². The molecule has 0 radical (unpaired) electrons. The Morgan fingerprint density at radius 2 is 1.78 bits per heavy atom. The molecular weight excluding hydrogens is 332 g/mol. The number of nitrogens with zero attached hydrogens (tertiary/aromatic N) is 4. The topological polar surface area (TPSA) is 22.6 Å². The average molecular weight is 367 g/mol. The maximum Gasteiger partial charge on any atom is 0.152 e. The molecule has 27 heavy (non-hydrogen) atoms. The van der Waals surface area contributed by atoms with Gasteiger partial charge in [0.25, 0.3) is 0 Å². The molecule has 1 aliphatic heterocycles. The standard InChI is InChI=1S/C23H34N4/c1-4-16-27(23-22(25(3)5-2)12-9-15-24-23)21-13-17-26(18-14-21)19-20-10-7-6-8-11-20/h6-12,15,21H,4-5,13-14,16-19H2,1-3H3. The molecule has 1 saturated heterocycles. The first-order chi connectivity index (χ1) is 13.2. The summed E-state index contributed by atoms with van der Waals surface area (Å²) < 4.78 is 0. The van der Waals surface area contributed by atoms with E-state index in [1.807, 2.05) is 6.20 Å². The summed E-state index contributed by atoms with van der Waals surface area (Å²) in [7, 11) is 2.16. The average Bonchev–Trinajstić information content (AvgIpc) is 2.73. The smallest absolute Gasteiger partial charge is 0.152 e. The molecule has 2 heterocycles. The third kappa shape index (κ3) is 5.01. The Balaban J connectivity index is 1.69. The van der Waals surface area contributed by atoms with Crippen molar-refractivity contribution in [2.75, 3.05) is 43.0 Å². The van der Waals surface area contributed by atoms with Crippen molar-refractivity contribution < 1.29 is 0 Å². The van der Waals surface area contributed by atoms with Crippen molar-refractivity contribution in [3.8, 4) is 0 Å². The molecule has 3 rings (SSSR count). The zero-order chi connectivity index (χ0) is 19.1. The lowest BCUT2D eigenvalue weighted by Gasteiger charge is -2.40. The largest absolute Gasteiger partial charge is 0.372 e. The third-order valence-corrected chi connectivity index (χ3v) is 5.64. The van der Waals surface area contributed by atoms with Crippen LogP contribution in [0.4, 0.5) is 11.5 Å². The van der Waals surface area contributed by atoms with Gasteiger partial charge in [0, 0.05) is 52.0 Å². The highest BCUT2D eigenvalue weighted by atomic mass is 15.3. The van der Waals surface area contributed by atoms with Crippen molar-refractivity contribution in [3.05, 3.63) is 54.2 Å². The van der Waals surface area contributed by atoms with Crippen LogP contribution < -0.4 is 9.80 Å². The van der Waals surface area contributed by atoms with Crippen LogP contribution in [-0.2, 0) is 6.54 Å². The Morgan fingerprint density at radius 1 is 1.04 bits per heavy atom. The monoisotopic (exact) mass is 366 g/mol. The van der Waals surface area contributed by atoms with Gasteiger partial charge in [0.1, 0.15) is 0 Å². The minimum absolute atomic E-state index is 0.580. The molecule has 4 heteroatoms. The highest BCUT2D eigenvalue weighted by Crippen LogP contribution is 2.30. The summed E-state index contributed by atoms with van der Waals surface area (Å²) in [4.78, 5) is 12.3. The number of benzene rings is 1. The van der Waals surface area contributed by atoms with Crippen LogP contribution in [0.1, 0.15) is 38.7 Å². The summed E-state index contributed by atoms with van der Waals surface area (Å²) in [6.45, 7) is 9.91. The molecule has 0 spiro atoms. The van der Waals surface area contributed by atoms with Crippen molar-refractivity contribution in [1.82, 2.24) is 9.88 Å². The van der Waals surface area contributed by atoms with Crippen LogP contribution in [0, 0.1) is 0 Å². The second-order valence-electron chi connectivity index (χ2n) is 7.55. The van der Waals surface area contributed by atoms with Gasteiger partial charge in [-0.1, -0.05) is 37.3 Å². The van der Waals surface area contributed by atoms with E-state index in [0.717, 1.165) is 45.0 Å². The van der Waals surface area contributed by atoms with E-state index in [2.05, 4.69) is 78.1 Å². The Kier molecular flexibility index (Phi) is 7.11. The van der Waals surface area contributed by atoms with Crippen LogP contribution in [0.2, 0.25) is 0 Å². The molecule has 0 atom stereocenters. The fourth-order valence-electron chi connectivity index (χ4n) is 4.01. The normalized spacial score (nSPS) is 15.7. The van der Waals surface area contributed by atoms with E-state index in [4.69, 9.17) is 4.98 Å². The predicted octanol–water partition coefficient (Wildman–Crippen LogP) is 4.42. The van der Waals surface area contributed by atoms with Gasteiger partial charge in [-0.05, 0) is 43.9 Å². The van der Waals surface area contributed by atoms with Gasteiger partial charge in [0.2, 0.25) is 0 Å². The van der Waals surface area contributed by atoms with Crippen LogP contribution in [0.3, 0.4) is 0 Å². The summed E-state index contributed by atoms with van der Waals surface area (Å²) in [5, 5.41) is 0. The quantitative estimate of drug-likeness (QED) is 0.690. The lowest BCUT2D eigenvalue weighted by molar-refractivity contribution is 0.201. The predicted molar refractivity (Wildman–Crippen MR) is 116 cm³/mol. The lowest BCUT2D eigenvalue weighted by atomic mass is 10.0. The van der Waals surface area contributed by atoms with Crippen molar-refractivity contribution >= 4 is 11.5 Å². The number of rotatable bonds is 8. The number of pyridine rings is 1. The van der Waals surface area contributed by atoms with Gasteiger partial charge >= 0.3 is 0 Å². The molecule has 4 nitrogen and oxygen atoms in total.